The number of benzene rings is 1. The van der Waals surface area contributed by atoms with Crippen LogP contribution in [0.15, 0.2) is 42.6 Å². The fourth-order valence-electron chi connectivity index (χ4n) is 4.13. The second-order valence-electron chi connectivity index (χ2n) is 8.18. The Morgan fingerprint density at radius 3 is 2.43 bits per heavy atom. The van der Waals surface area contributed by atoms with Crippen molar-refractivity contribution in [3.05, 3.63) is 53.9 Å². The Bertz CT molecular complexity index is 819. The summed E-state index contributed by atoms with van der Waals surface area (Å²) in [5.74, 6) is -0.00120. The van der Waals surface area contributed by atoms with Crippen LogP contribution < -0.4 is 0 Å². The van der Waals surface area contributed by atoms with Gasteiger partial charge in [0.05, 0.1) is 12.7 Å². The van der Waals surface area contributed by atoms with Crippen molar-refractivity contribution in [3.8, 4) is 0 Å². The number of rotatable bonds is 7. The third kappa shape index (κ3) is 5.77. The standard InChI is InChI=1S/C23H32N6O/c30-23(22-20-29(25-24-22)19-16-26-11-5-2-6-12-26)28-17-14-27(15-18-28)13-7-10-21-8-3-1-4-9-21/h1,3-4,7-10,20H,2,5-6,11-19H2/b10-7+. The van der Waals surface area contributed by atoms with Crippen LogP contribution >= 0.6 is 0 Å². The predicted octanol–water partition coefficient (Wildman–Crippen LogP) is 2.24. The van der Waals surface area contributed by atoms with Gasteiger partial charge in [0.2, 0.25) is 0 Å². The van der Waals surface area contributed by atoms with E-state index < -0.39 is 0 Å². The van der Waals surface area contributed by atoms with Crippen LogP contribution in [0.3, 0.4) is 0 Å². The Balaban J connectivity index is 1.20. The molecule has 2 saturated heterocycles. The Morgan fingerprint density at radius 2 is 1.67 bits per heavy atom. The van der Waals surface area contributed by atoms with Gasteiger partial charge in [0.15, 0.2) is 5.69 Å². The molecule has 1 aromatic heterocycles. The molecule has 1 amide bonds. The SMILES string of the molecule is O=C(c1cn(CCN2CCCCC2)nn1)N1CCN(C/C=C/c2ccccc2)CC1. The van der Waals surface area contributed by atoms with Gasteiger partial charge < -0.3 is 9.80 Å². The molecule has 0 aliphatic carbocycles. The highest BCUT2D eigenvalue weighted by atomic mass is 16.2. The van der Waals surface area contributed by atoms with Gasteiger partial charge >= 0.3 is 0 Å². The quantitative estimate of drug-likeness (QED) is 0.703. The number of hydrogen-bond acceptors (Lipinski definition) is 5. The third-order valence-electron chi connectivity index (χ3n) is 5.98. The minimum atomic E-state index is -0.00120. The van der Waals surface area contributed by atoms with Gasteiger partial charge in [-0.1, -0.05) is 54.1 Å². The maximum atomic E-state index is 12.8. The van der Waals surface area contributed by atoms with Crippen LogP contribution in [0.5, 0.6) is 0 Å². The first-order valence-corrected chi connectivity index (χ1v) is 11.1. The molecule has 2 fully saturated rings. The number of piperidine rings is 1. The molecule has 160 valence electrons. The molecule has 7 heteroatoms. The van der Waals surface area contributed by atoms with E-state index >= 15 is 0 Å². The number of carbonyl (C=O) groups is 1. The summed E-state index contributed by atoms with van der Waals surface area (Å²) in [4.78, 5) is 19.5. The van der Waals surface area contributed by atoms with Crippen molar-refractivity contribution < 1.29 is 4.79 Å². The highest BCUT2D eigenvalue weighted by Crippen LogP contribution is 2.10. The Kier molecular flexibility index (Phi) is 7.26. The van der Waals surface area contributed by atoms with E-state index in [0.717, 1.165) is 45.8 Å². The first-order valence-electron chi connectivity index (χ1n) is 11.1. The number of hydrogen-bond donors (Lipinski definition) is 0. The van der Waals surface area contributed by atoms with Crippen molar-refractivity contribution in [2.24, 2.45) is 0 Å². The Morgan fingerprint density at radius 1 is 0.900 bits per heavy atom. The van der Waals surface area contributed by atoms with Gasteiger partial charge in [0.1, 0.15) is 0 Å². The Labute approximate surface area is 178 Å². The molecule has 0 unspecified atom stereocenters. The molecule has 0 N–H and O–H groups in total. The van der Waals surface area contributed by atoms with Crippen LogP contribution in [-0.2, 0) is 6.54 Å². The lowest BCUT2D eigenvalue weighted by Crippen LogP contribution is -2.48. The summed E-state index contributed by atoms with van der Waals surface area (Å²) < 4.78 is 1.81. The van der Waals surface area contributed by atoms with E-state index in [2.05, 4.69) is 44.4 Å². The number of carbonyl (C=O) groups excluding carboxylic acids is 1. The van der Waals surface area contributed by atoms with Gasteiger partial charge in [0, 0.05) is 39.3 Å². The molecule has 0 saturated carbocycles. The second kappa shape index (κ2) is 10.5. The number of likely N-dealkylation sites (tertiary alicyclic amines) is 1. The summed E-state index contributed by atoms with van der Waals surface area (Å²) in [5, 5.41) is 8.31. The van der Waals surface area contributed by atoms with E-state index in [4.69, 9.17) is 0 Å². The zero-order valence-corrected chi connectivity index (χ0v) is 17.7. The summed E-state index contributed by atoms with van der Waals surface area (Å²) in [6.07, 6.45) is 10.1. The first-order chi connectivity index (χ1) is 14.8. The molecule has 30 heavy (non-hydrogen) atoms. The molecular formula is C23H32N6O. The van der Waals surface area contributed by atoms with Crippen LogP contribution in [0.4, 0.5) is 0 Å². The third-order valence-corrected chi connectivity index (χ3v) is 5.98. The van der Waals surface area contributed by atoms with Crippen molar-refractivity contribution >= 4 is 12.0 Å². The molecule has 3 heterocycles. The summed E-state index contributed by atoms with van der Waals surface area (Å²) in [6.45, 7) is 8.26. The maximum Gasteiger partial charge on any atom is 0.276 e. The molecular weight excluding hydrogens is 376 g/mol. The molecule has 0 spiro atoms. The van der Waals surface area contributed by atoms with Crippen molar-refractivity contribution in [1.82, 2.24) is 29.7 Å². The monoisotopic (exact) mass is 408 g/mol. The van der Waals surface area contributed by atoms with Crippen molar-refractivity contribution in [2.45, 2.75) is 25.8 Å². The summed E-state index contributed by atoms with van der Waals surface area (Å²) in [7, 11) is 0. The predicted molar refractivity (Wildman–Crippen MR) is 118 cm³/mol. The van der Waals surface area contributed by atoms with Crippen LogP contribution in [0, 0.1) is 0 Å². The molecule has 1 aromatic carbocycles. The fraction of sp³-hybridized carbons (Fsp3) is 0.522. The van der Waals surface area contributed by atoms with Crippen molar-refractivity contribution in [3.63, 3.8) is 0 Å². The molecule has 0 bridgehead atoms. The minimum absolute atomic E-state index is 0.00120. The highest BCUT2D eigenvalue weighted by Gasteiger charge is 2.23. The molecule has 2 aliphatic rings. The average Bonchev–Trinajstić information content (AvgIpc) is 3.28. The van der Waals surface area contributed by atoms with Gasteiger partial charge in [-0.2, -0.15) is 0 Å². The van der Waals surface area contributed by atoms with Gasteiger partial charge in [-0.3, -0.25) is 14.4 Å². The van der Waals surface area contributed by atoms with Crippen LogP contribution in [0.1, 0.15) is 35.3 Å². The first kappa shape index (κ1) is 20.8. The van der Waals surface area contributed by atoms with E-state index in [0.29, 0.717) is 5.69 Å². The fourth-order valence-corrected chi connectivity index (χ4v) is 4.13. The number of amides is 1. The largest absolute Gasteiger partial charge is 0.335 e. The lowest BCUT2D eigenvalue weighted by molar-refractivity contribution is 0.0644. The number of aromatic nitrogens is 3. The maximum absolute atomic E-state index is 12.8. The van der Waals surface area contributed by atoms with E-state index in [1.807, 2.05) is 27.8 Å². The zero-order chi connectivity index (χ0) is 20.6. The minimum Gasteiger partial charge on any atom is -0.335 e. The van der Waals surface area contributed by atoms with E-state index in [9.17, 15) is 4.79 Å². The lowest BCUT2D eigenvalue weighted by Gasteiger charge is -2.33. The molecule has 2 aliphatic heterocycles. The highest BCUT2D eigenvalue weighted by molar-refractivity contribution is 5.92. The molecule has 0 radical (unpaired) electrons. The molecule has 4 rings (SSSR count). The van der Waals surface area contributed by atoms with E-state index in [1.54, 1.807) is 6.20 Å². The summed E-state index contributed by atoms with van der Waals surface area (Å²) >= 11 is 0. The smallest absolute Gasteiger partial charge is 0.276 e. The number of piperazine rings is 1. The lowest BCUT2D eigenvalue weighted by atomic mass is 10.1. The summed E-state index contributed by atoms with van der Waals surface area (Å²) in [5.41, 5.74) is 1.68. The van der Waals surface area contributed by atoms with Crippen LogP contribution in [0.2, 0.25) is 0 Å². The van der Waals surface area contributed by atoms with Crippen LogP contribution in [0.25, 0.3) is 6.08 Å². The van der Waals surface area contributed by atoms with Gasteiger partial charge in [-0.05, 0) is 31.5 Å². The topological polar surface area (TPSA) is 57.5 Å². The van der Waals surface area contributed by atoms with Crippen molar-refractivity contribution in [2.75, 3.05) is 52.4 Å². The normalized spacial score (nSPS) is 18.9. The zero-order valence-electron chi connectivity index (χ0n) is 17.7. The molecule has 2 aromatic rings. The second-order valence-corrected chi connectivity index (χ2v) is 8.18. The average molecular weight is 409 g/mol. The van der Waals surface area contributed by atoms with E-state index in [1.165, 1.54) is 37.9 Å². The molecule has 0 atom stereocenters. The Hall–Kier alpha value is -2.51. The molecule has 7 nitrogen and oxygen atoms in total. The van der Waals surface area contributed by atoms with Gasteiger partial charge in [0.25, 0.3) is 5.91 Å². The van der Waals surface area contributed by atoms with E-state index in [-0.39, 0.29) is 5.91 Å². The summed E-state index contributed by atoms with van der Waals surface area (Å²) in [6, 6.07) is 10.3. The number of nitrogens with zero attached hydrogens (tertiary/aromatic N) is 6. The van der Waals surface area contributed by atoms with Gasteiger partial charge in [-0.15, -0.1) is 5.10 Å². The van der Waals surface area contributed by atoms with Crippen LogP contribution in [-0.4, -0.2) is 88.0 Å². The van der Waals surface area contributed by atoms with Gasteiger partial charge in [-0.25, -0.2) is 0 Å². The van der Waals surface area contributed by atoms with Crippen molar-refractivity contribution in [1.29, 1.82) is 0 Å².